The number of nitrogens with zero attached hydrogens (tertiary/aromatic N) is 1. The molecule has 1 aromatic rings. The van der Waals surface area contributed by atoms with Crippen molar-refractivity contribution in [3.8, 4) is 0 Å². The molecule has 0 aromatic heterocycles. The molecule has 1 unspecified atom stereocenters. The van der Waals surface area contributed by atoms with E-state index in [4.69, 9.17) is 9.47 Å². The maximum Gasteiger partial charge on any atom is 0.243 e. The number of benzene rings is 1. The van der Waals surface area contributed by atoms with Gasteiger partial charge in [-0.15, -0.1) is 24.0 Å². The number of amides is 1. The van der Waals surface area contributed by atoms with Crippen LogP contribution < -0.4 is 16.0 Å². The van der Waals surface area contributed by atoms with Crippen molar-refractivity contribution in [3.63, 3.8) is 0 Å². The maximum absolute atomic E-state index is 12.8. The van der Waals surface area contributed by atoms with E-state index in [-0.39, 0.29) is 42.2 Å². The number of guanidine groups is 1. The van der Waals surface area contributed by atoms with E-state index in [1.54, 1.807) is 7.05 Å². The van der Waals surface area contributed by atoms with Crippen LogP contribution in [0.2, 0.25) is 0 Å². The number of anilines is 1. The molecule has 152 valence electrons. The van der Waals surface area contributed by atoms with E-state index >= 15 is 0 Å². The number of hydrogen-bond donors (Lipinski definition) is 3. The highest BCUT2D eigenvalue weighted by Gasteiger charge is 2.15. The highest BCUT2D eigenvalue weighted by molar-refractivity contribution is 14.0. The molecule has 0 spiro atoms. The Bertz CT molecular complexity index is 580. The van der Waals surface area contributed by atoms with Gasteiger partial charge in [-0.1, -0.05) is 0 Å². The first-order valence-corrected chi connectivity index (χ1v) is 8.83. The predicted octanol–water partition coefficient (Wildman–Crippen LogP) is 1.99. The van der Waals surface area contributed by atoms with Gasteiger partial charge in [-0.2, -0.15) is 0 Å². The molecule has 0 bridgehead atoms. The molecule has 3 N–H and O–H groups in total. The summed E-state index contributed by atoms with van der Waals surface area (Å²) in [4.78, 5) is 15.9. The number of halogens is 2. The predicted molar refractivity (Wildman–Crippen MR) is 114 cm³/mol. The van der Waals surface area contributed by atoms with E-state index in [0.29, 0.717) is 30.7 Å². The van der Waals surface area contributed by atoms with Gasteiger partial charge < -0.3 is 25.4 Å². The molecule has 7 nitrogen and oxygen atoms in total. The summed E-state index contributed by atoms with van der Waals surface area (Å²) in [6.45, 7) is 3.82. The Kier molecular flexibility index (Phi) is 11.9. The summed E-state index contributed by atoms with van der Waals surface area (Å²) in [5.74, 6) is 0.494. The number of nitrogens with one attached hydrogen (secondary N) is 3. The fourth-order valence-electron chi connectivity index (χ4n) is 2.47. The van der Waals surface area contributed by atoms with Gasteiger partial charge in [0.15, 0.2) is 5.96 Å². The number of aliphatic imine (C=N–C) groups is 1. The Morgan fingerprint density at radius 2 is 2.11 bits per heavy atom. The van der Waals surface area contributed by atoms with E-state index < -0.39 is 0 Å². The van der Waals surface area contributed by atoms with E-state index in [9.17, 15) is 9.18 Å². The highest BCUT2D eigenvalue weighted by atomic mass is 127. The molecule has 27 heavy (non-hydrogen) atoms. The quantitative estimate of drug-likeness (QED) is 0.212. The molecule has 0 aliphatic carbocycles. The third-order valence-corrected chi connectivity index (χ3v) is 3.90. The molecular formula is C18H28FIN4O3. The lowest BCUT2D eigenvalue weighted by atomic mass is 10.1. The van der Waals surface area contributed by atoms with Gasteiger partial charge in [-0.3, -0.25) is 9.79 Å². The van der Waals surface area contributed by atoms with Gasteiger partial charge in [0.1, 0.15) is 5.82 Å². The van der Waals surface area contributed by atoms with Gasteiger partial charge >= 0.3 is 0 Å². The smallest absolute Gasteiger partial charge is 0.243 e. The Labute approximate surface area is 176 Å². The number of carbonyl (C=O) groups excluding carboxylic acids is 1. The van der Waals surface area contributed by atoms with Crippen LogP contribution in [0.25, 0.3) is 0 Å². The van der Waals surface area contributed by atoms with Crippen molar-refractivity contribution in [3.05, 3.63) is 30.1 Å². The number of hydrogen-bond acceptors (Lipinski definition) is 4. The summed E-state index contributed by atoms with van der Waals surface area (Å²) < 4.78 is 23.8. The molecule has 1 amide bonds. The van der Waals surface area contributed by atoms with Crippen LogP contribution in [-0.4, -0.2) is 58.4 Å². The van der Waals surface area contributed by atoms with Crippen molar-refractivity contribution < 1.29 is 18.7 Å². The summed E-state index contributed by atoms with van der Waals surface area (Å²) >= 11 is 0. The Hall–Kier alpha value is -1.46. The minimum atomic E-state index is -0.341. The summed E-state index contributed by atoms with van der Waals surface area (Å²) in [6, 6.07) is 5.62. The third-order valence-electron chi connectivity index (χ3n) is 3.90. The monoisotopic (exact) mass is 494 g/mol. The molecule has 9 heteroatoms. The van der Waals surface area contributed by atoms with Gasteiger partial charge in [0, 0.05) is 38.4 Å². The van der Waals surface area contributed by atoms with Gasteiger partial charge in [0.05, 0.1) is 19.8 Å². The lowest BCUT2D eigenvalue weighted by Crippen LogP contribution is -2.41. The molecule has 1 aliphatic rings. The van der Waals surface area contributed by atoms with Gasteiger partial charge in [-0.25, -0.2) is 4.39 Å². The van der Waals surface area contributed by atoms with Crippen molar-refractivity contribution in [2.24, 2.45) is 10.9 Å². The first kappa shape index (κ1) is 23.6. The zero-order valence-corrected chi connectivity index (χ0v) is 17.8. The zero-order chi connectivity index (χ0) is 18.6. The number of rotatable bonds is 9. The number of ether oxygens (including phenoxy) is 2. The van der Waals surface area contributed by atoms with Crippen LogP contribution in [0.1, 0.15) is 12.8 Å². The second kappa shape index (κ2) is 13.7. The standard InChI is InChI=1S/C18H27FN4O3.HI/c1-20-18(21-8-2-9-25-12-14-7-10-26-13-14)22-11-17(24)23-16-5-3-15(19)4-6-16;/h3-6,14H,2,7-13H2,1H3,(H,23,24)(H2,20,21,22);1H. The average Bonchev–Trinajstić information content (AvgIpc) is 3.16. The van der Waals surface area contributed by atoms with Crippen LogP contribution in [0.15, 0.2) is 29.3 Å². The zero-order valence-electron chi connectivity index (χ0n) is 15.5. The topological polar surface area (TPSA) is 84.0 Å². The Balaban J connectivity index is 0.00000364. The molecule has 1 aliphatic heterocycles. The van der Waals surface area contributed by atoms with E-state index in [1.165, 1.54) is 24.3 Å². The Morgan fingerprint density at radius 1 is 1.33 bits per heavy atom. The molecule has 0 saturated carbocycles. The maximum atomic E-state index is 12.8. The second-order valence-corrected chi connectivity index (χ2v) is 6.07. The van der Waals surface area contributed by atoms with Crippen molar-refractivity contribution in [1.82, 2.24) is 10.6 Å². The fraction of sp³-hybridized carbons (Fsp3) is 0.556. The minimum absolute atomic E-state index is 0. The van der Waals surface area contributed by atoms with Gasteiger partial charge in [0.25, 0.3) is 0 Å². The summed E-state index contributed by atoms with van der Waals surface area (Å²) in [6.07, 6.45) is 1.92. The molecular weight excluding hydrogens is 466 g/mol. The van der Waals surface area contributed by atoms with E-state index in [1.807, 2.05) is 0 Å². The fourth-order valence-corrected chi connectivity index (χ4v) is 2.47. The molecule has 1 saturated heterocycles. The van der Waals surface area contributed by atoms with Crippen molar-refractivity contribution >= 4 is 41.5 Å². The van der Waals surface area contributed by atoms with Crippen LogP contribution in [0, 0.1) is 11.7 Å². The molecule has 1 atom stereocenters. The van der Waals surface area contributed by atoms with Crippen LogP contribution in [0.4, 0.5) is 10.1 Å². The van der Waals surface area contributed by atoms with Gasteiger partial charge in [0.2, 0.25) is 5.91 Å². The lowest BCUT2D eigenvalue weighted by Gasteiger charge is -2.13. The molecule has 1 fully saturated rings. The summed E-state index contributed by atoms with van der Waals surface area (Å²) in [5.41, 5.74) is 0.547. The van der Waals surface area contributed by atoms with Crippen LogP contribution in [0.3, 0.4) is 0 Å². The van der Waals surface area contributed by atoms with E-state index in [0.717, 1.165) is 32.7 Å². The minimum Gasteiger partial charge on any atom is -0.381 e. The van der Waals surface area contributed by atoms with Crippen molar-refractivity contribution in [2.45, 2.75) is 12.8 Å². The molecule has 1 heterocycles. The Morgan fingerprint density at radius 3 is 2.78 bits per heavy atom. The highest BCUT2D eigenvalue weighted by Crippen LogP contribution is 2.12. The average molecular weight is 494 g/mol. The van der Waals surface area contributed by atoms with Crippen molar-refractivity contribution in [1.29, 1.82) is 0 Å². The first-order valence-electron chi connectivity index (χ1n) is 8.83. The summed E-state index contributed by atoms with van der Waals surface area (Å²) in [5, 5.41) is 8.74. The summed E-state index contributed by atoms with van der Waals surface area (Å²) in [7, 11) is 1.64. The number of carbonyl (C=O) groups is 1. The van der Waals surface area contributed by atoms with Crippen molar-refractivity contribution in [2.75, 3.05) is 51.9 Å². The second-order valence-electron chi connectivity index (χ2n) is 6.07. The third kappa shape index (κ3) is 9.87. The van der Waals surface area contributed by atoms with Gasteiger partial charge in [-0.05, 0) is 37.1 Å². The SMILES string of the molecule is CN=C(NCCCOCC1CCOC1)NCC(=O)Nc1ccc(F)cc1.I. The molecule has 1 aromatic carbocycles. The van der Waals surface area contributed by atoms with Crippen LogP contribution in [-0.2, 0) is 14.3 Å². The molecule has 0 radical (unpaired) electrons. The van der Waals surface area contributed by atoms with Crippen LogP contribution in [0.5, 0.6) is 0 Å². The molecule has 2 rings (SSSR count). The first-order chi connectivity index (χ1) is 12.7. The lowest BCUT2D eigenvalue weighted by molar-refractivity contribution is -0.115. The van der Waals surface area contributed by atoms with E-state index in [2.05, 4.69) is 20.9 Å². The van der Waals surface area contributed by atoms with Crippen LogP contribution >= 0.6 is 24.0 Å². The normalized spacial score (nSPS) is 16.5. The largest absolute Gasteiger partial charge is 0.381 e.